The van der Waals surface area contributed by atoms with E-state index in [0.717, 1.165) is 12.8 Å². The molecule has 80 valence electrons. The highest BCUT2D eigenvalue weighted by Gasteiger charge is 2.28. The summed E-state index contributed by atoms with van der Waals surface area (Å²) in [6.45, 7) is 2.03. The smallest absolute Gasteiger partial charge is 0.342 e. The van der Waals surface area contributed by atoms with Gasteiger partial charge in [0.15, 0.2) is 5.78 Å². The van der Waals surface area contributed by atoms with Crippen molar-refractivity contribution in [2.24, 2.45) is 0 Å². The SMILES string of the molecule is CCOC(=O)c1coc2c1C(=O)CCC2. The van der Waals surface area contributed by atoms with Crippen LogP contribution in [0.25, 0.3) is 0 Å². The summed E-state index contributed by atoms with van der Waals surface area (Å²) in [5.41, 5.74) is 0.705. The second-order valence-corrected chi connectivity index (χ2v) is 3.44. The number of aryl methyl sites for hydroxylation is 1. The Balaban J connectivity index is 2.37. The Kier molecular flexibility index (Phi) is 2.58. The minimum atomic E-state index is -0.474. The maximum atomic E-state index is 11.6. The van der Waals surface area contributed by atoms with Crippen LogP contribution in [0.1, 0.15) is 46.2 Å². The van der Waals surface area contributed by atoms with E-state index < -0.39 is 5.97 Å². The van der Waals surface area contributed by atoms with Gasteiger partial charge in [-0.15, -0.1) is 0 Å². The van der Waals surface area contributed by atoms with E-state index in [4.69, 9.17) is 9.15 Å². The van der Waals surface area contributed by atoms with Gasteiger partial charge >= 0.3 is 5.97 Å². The van der Waals surface area contributed by atoms with Crippen molar-refractivity contribution < 1.29 is 18.7 Å². The molecule has 1 aliphatic carbocycles. The van der Waals surface area contributed by atoms with Gasteiger partial charge in [0.25, 0.3) is 0 Å². The van der Waals surface area contributed by atoms with Crippen LogP contribution in [-0.4, -0.2) is 18.4 Å². The largest absolute Gasteiger partial charge is 0.468 e. The predicted molar refractivity (Wildman–Crippen MR) is 51.9 cm³/mol. The highest BCUT2D eigenvalue weighted by atomic mass is 16.5. The number of rotatable bonds is 2. The van der Waals surface area contributed by atoms with Crippen molar-refractivity contribution in [3.05, 3.63) is 23.2 Å². The van der Waals surface area contributed by atoms with Crippen molar-refractivity contribution in [3.8, 4) is 0 Å². The molecule has 0 radical (unpaired) electrons. The Hall–Kier alpha value is -1.58. The molecule has 0 aromatic carbocycles. The molecule has 0 saturated carbocycles. The first-order valence-corrected chi connectivity index (χ1v) is 5.04. The number of ketones is 1. The van der Waals surface area contributed by atoms with E-state index in [1.54, 1.807) is 6.92 Å². The molecule has 1 aromatic rings. The van der Waals surface area contributed by atoms with Crippen LogP contribution in [0, 0.1) is 0 Å². The average molecular weight is 208 g/mol. The van der Waals surface area contributed by atoms with E-state index in [2.05, 4.69) is 0 Å². The number of carbonyl (C=O) groups excluding carboxylic acids is 2. The van der Waals surface area contributed by atoms with Gasteiger partial charge in [0, 0.05) is 12.8 Å². The lowest BCUT2D eigenvalue weighted by atomic mass is 9.94. The van der Waals surface area contributed by atoms with Crippen molar-refractivity contribution >= 4 is 11.8 Å². The van der Waals surface area contributed by atoms with E-state index in [1.165, 1.54) is 6.26 Å². The van der Waals surface area contributed by atoms with E-state index >= 15 is 0 Å². The van der Waals surface area contributed by atoms with Crippen LogP contribution < -0.4 is 0 Å². The zero-order valence-corrected chi connectivity index (χ0v) is 8.54. The summed E-state index contributed by atoms with van der Waals surface area (Å²) in [5.74, 6) is 0.125. The molecule has 15 heavy (non-hydrogen) atoms. The van der Waals surface area contributed by atoms with E-state index in [0.29, 0.717) is 24.4 Å². The molecule has 0 saturated heterocycles. The molecular formula is C11H12O4. The molecule has 0 bridgehead atoms. The number of Topliss-reactive ketones (excluding diaryl/α,β-unsaturated/α-hetero) is 1. The Morgan fingerprint density at radius 1 is 1.53 bits per heavy atom. The molecule has 1 heterocycles. The standard InChI is InChI=1S/C11H12O4/c1-2-14-11(13)7-6-15-9-5-3-4-8(12)10(7)9/h6H,2-5H2,1H3. The van der Waals surface area contributed by atoms with Crippen molar-refractivity contribution in [1.82, 2.24) is 0 Å². The highest BCUT2D eigenvalue weighted by molar-refractivity contribution is 6.07. The Labute approximate surface area is 87.2 Å². The third-order valence-corrected chi connectivity index (χ3v) is 2.45. The Bertz CT molecular complexity index is 403. The van der Waals surface area contributed by atoms with Gasteiger partial charge in [-0.2, -0.15) is 0 Å². The van der Waals surface area contributed by atoms with Gasteiger partial charge in [0.05, 0.1) is 12.2 Å². The quantitative estimate of drug-likeness (QED) is 0.697. The molecule has 1 aromatic heterocycles. The summed E-state index contributed by atoms with van der Waals surface area (Å²) in [5, 5.41) is 0. The van der Waals surface area contributed by atoms with Crippen LogP contribution in [0.5, 0.6) is 0 Å². The molecular weight excluding hydrogens is 196 g/mol. The predicted octanol–water partition coefficient (Wildman–Crippen LogP) is 1.98. The third-order valence-electron chi connectivity index (χ3n) is 2.45. The van der Waals surface area contributed by atoms with Crippen LogP contribution in [0.2, 0.25) is 0 Å². The zero-order valence-electron chi connectivity index (χ0n) is 8.54. The minimum Gasteiger partial charge on any atom is -0.468 e. The zero-order chi connectivity index (χ0) is 10.8. The fourth-order valence-electron chi connectivity index (χ4n) is 1.78. The molecule has 1 aliphatic rings. The molecule has 4 heteroatoms. The fourth-order valence-corrected chi connectivity index (χ4v) is 1.78. The van der Waals surface area contributed by atoms with Gasteiger partial charge in [-0.25, -0.2) is 4.79 Å². The summed E-state index contributed by atoms with van der Waals surface area (Å²) >= 11 is 0. The molecule has 0 atom stereocenters. The lowest BCUT2D eigenvalue weighted by molar-refractivity contribution is 0.0522. The number of fused-ring (bicyclic) bond motifs is 1. The fraction of sp³-hybridized carbons (Fsp3) is 0.455. The number of ether oxygens (including phenoxy) is 1. The molecule has 0 unspecified atom stereocenters. The Morgan fingerprint density at radius 2 is 2.33 bits per heavy atom. The van der Waals surface area contributed by atoms with Gasteiger partial charge < -0.3 is 9.15 Å². The lowest BCUT2D eigenvalue weighted by Crippen LogP contribution is -2.14. The van der Waals surface area contributed by atoms with Crippen molar-refractivity contribution in [2.45, 2.75) is 26.2 Å². The normalized spacial score (nSPS) is 14.9. The average Bonchev–Trinajstić information content (AvgIpc) is 2.63. The van der Waals surface area contributed by atoms with Crippen molar-refractivity contribution in [1.29, 1.82) is 0 Å². The summed E-state index contributed by atoms with van der Waals surface area (Å²) in [6, 6.07) is 0. The van der Waals surface area contributed by atoms with Crippen molar-refractivity contribution in [3.63, 3.8) is 0 Å². The second kappa shape index (κ2) is 3.88. The van der Waals surface area contributed by atoms with E-state index in [1.807, 2.05) is 0 Å². The maximum Gasteiger partial charge on any atom is 0.342 e. The van der Waals surface area contributed by atoms with Crippen LogP contribution in [0.3, 0.4) is 0 Å². The van der Waals surface area contributed by atoms with Crippen LogP contribution in [0.4, 0.5) is 0 Å². The van der Waals surface area contributed by atoms with Crippen molar-refractivity contribution in [2.75, 3.05) is 6.61 Å². The first kappa shape index (κ1) is 9.96. The third kappa shape index (κ3) is 1.67. The van der Waals surface area contributed by atoms with Gasteiger partial charge in [-0.1, -0.05) is 0 Å². The van der Waals surface area contributed by atoms with Gasteiger partial charge in [-0.05, 0) is 13.3 Å². The molecule has 2 rings (SSSR count). The second-order valence-electron chi connectivity index (χ2n) is 3.44. The molecule has 0 fully saturated rings. The maximum absolute atomic E-state index is 11.6. The number of hydrogen-bond acceptors (Lipinski definition) is 4. The summed E-state index contributed by atoms with van der Waals surface area (Å²) in [4.78, 5) is 23.1. The van der Waals surface area contributed by atoms with E-state index in [-0.39, 0.29) is 11.3 Å². The van der Waals surface area contributed by atoms with Gasteiger partial charge in [0.1, 0.15) is 17.6 Å². The first-order chi connectivity index (χ1) is 7.24. The summed E-state index contributed by atoms with van der Waals surface area (Å²) < 4.78 is 10.1. The number of carbonyl (C=O) groups is 2. The van der Waals surface area contributed by atoms with Crippen LogP contribution in [0.15, 0.2) is 10.7 Å². The summed E-state index contributed by atoms with van der Waals surface area (Å²) in [7, 11) is 0. The molecule has 0 amide bonds. The summed E-state index contributed by atoms with van der Waals surface area (Å²) in [6.07, 6.45) is 3.33. The minimum absolute atomic E-state index is 0.0203. The molecule has 0 spiro atoms. The monoisotopic (exact) mass is 208 g/mol. The highest BCUT2D eigenvalue weighted by Crippen LogP contribution is 2.26. The molecule has 0 aliphatic heterocycles. The van der Waals surface area contributed by atoms with E-state index in [9.17, 15) is 9.59 Å². The van der Waals surface area contributed by atoms with Gasteiger partial charge in [0.2, 0.25) is 0 Å². The van der Waals surface area contributed by atoms with Crippen LogP contribution >= 0.6 is 0 Å². The molecule has 4 nitrogen and oxygen atoms in total. The Morgan fingerprint density at radius 3 is 3.07 bits per heavy atom. The number of esters is 1. The van der Waals surface area contributed by atoms with Crippen LogP contribution in [-0.2, 0) is 11.2 Å². The van der Waals surface area contributed by atoms with Gasteiger partial charge in [-0.3, -0.25) is 4.79 Å². The number of hydrogen-bond donors (Lipinski definition) is 0. The molecule has 0 N–H and O–H groups in total. The first-order valence-electron chi connectivity index (χ1n) is 5.04. The number of furan rings is 1. The lowest BCUT2D eigenvalue weighted by Gasteiger charge is -2.09. The topological polar surface area (TPSA) is 56.5 Å².